The Hall–Kier alpha value is -2.34. The summed E-state index contributed by atoms with van der Waals surface area (Å²) >= 11 is 1.73. The minimum absolute atomic E-state index is 0.0126. The molecule has 0 radical (unpaired) electrons. The molecular formula is C23H26O5S. The Balaban J connectivity index is 1.52. The van der Waals surface area contributed by atoms with Gasteiger partial charge in [0, 0.05) is 28.2 Å². The highest BCUT2D eigenvalue weighted by Crippen LogP contribution is 2.48. The van der Waals surface area contributed by atoms with Gasteiger partial charge in [-0.3, -0.25) is 4.79 Å². The highest BCUT2D eigenvalue weighted by molar-refractivity contribution is 7.99. The maximum Gasteiger partial charge on any atom is 0.303 e. The second-order valence-electron chi connectivity index (χ2n) is 8.19. The van der Waals surface area contributed by atoms with Crippen molar-refractivity contribution in [1.29, 1.82) is 0 Å². The first-order chi connectivity index (χ1) is 13.8. The Kier molecular flexibility index (Phi) is 5.38. The molecule has 2 aliphatic heterocycles. The van der Waals surface area contributed by atoms with E-state index < -0.39 is 5.97 Å². The SMILES string of the molecule is COc1ccc(Sc2ccc3c(c2)CCC(CCC(=O)O)O3)c2c1OC(C)(C)C2. The fraction of sp³-hybridized carbons (Fsp3) is 0.435. The van der Waals surface area contributed by atoms with E-state index in [4.69, 9.17) is 19.3 Å². The van der Waals surface area contributed by atoms with Crippen LogP contribution in [0.4, 0.5) is 0 Å². The Morgan fingerprint density at radius 3 is 2.90 bits per heavy atom. The van der Waals surface area contributed by atoms with Gasteiger partial charge in [-0.05, 0) is 69.0 Å². The van der Waals surface area contributed by atoms with Crippen LogP contribution >= 0.6 is 11.8 Å². The monoisotopic (exact) mass is 414 g/mol. The zero-order chi connectivity index (χ0) is 20.6. The number of carboxylic acids is 1. The summed E-state index contributed by atoms with van der Waals surface area (Å²) in [7, 11) is 1.67. The summed E-state index contributed by atoms with van der Waals surface area (Å²) in [5, 5.41) is 8.87. The predicted octanol–water partition coefficient (Wildman–Crippen LogP) is 5.12. The minimum Gasteiger partial charge on any atom is -0.493 e. The molecule has 0 saturated heterocycles. The van der Waals surface area contributed by atoms with Crippen molar-refractivity contribution in [3.63, 3.8) is 0 Å². The van der Waals surface area contributed by atoms with Gasteiger partial charge in [-0.2, -0.15) is 0 Å². The zero-order valence-corrected chi connectivity index (χ0v) is 17.8. The Bertz CT molecular complexity index is 937. The van der Waals surface area contributed by atoms with Crippen LogP contribution in [0.2, 0.25) is 0 Å². The van der Waals surface area contributed by atoms with E-state index in [1.165, 1.54) is 16.0 Å². The predicted molar refractivity (Wildman–Crippen MR) is 112 cm³/mol. The summed E-state index contributed by atoms with van der Waals surface area (Å²) < 4.78 is 17.6. The Morgan fingerprint density at radius 1 is 1.31 bits per heavy atom. The lowest BCUT2D eigenvalue weighted by Gasteiger charge is -2.26. The van der Waals surface area contributed by atoms with Crippen LogP contribution in [-0.4, -0.2) is 29.9 Å². The van der Waals surface area contributed by atoms with Crippen molar-refractivity contribution in [2.45, 2.75) is 67.4 Å². The van der Waals surface area contributed by atoms with Crippen molar-refractivity contribution < 1.29 is 24.1 Å². The zero-order valence-electron chi connectivity index (χ0n) is 17.0. The third kappa shape index (κ3) is 4.32. The van der Waals surface area contributed by atoms with Crippen LogP contribution in [0.15, 0.2) is 40.1 Å². The van der Waals surface area contributed by atoms with Crippen molar-refractivity contribution in [3.05, 3.63) is 41.5 Å². The maximum absolute atomic E-state index is 10.8. The number of aryl methyl sites for hydroxylation is 1. The van der Waals surface area contributed by atoms with Gasteiger partial charge in [0.15, 0.2) is 11.5 Å². The Labute approximate surface area is 175 Å². The summed E-state index contributed by atoms with van der Waals surface area (Å²) in [5.41, 5.74) is 2.14. The van der Waals surface area contributed by atoms with Gasteiger partial charge >= 0.3 is 5.97 Å². The molecular weight excluding hydrogens is 388 g/mol. The molecule has 0 saturated carbocycles. The summed E-state index contributed by atoms with van der Waals surface area (Å²) in [6, 6.07) is 10.3. The molecule has 0 aliphatic carbocycles. The third-order valence-corrected chi connectivity index (χ3v) is 6.44. The van der Waals surface area contributed by atoms with Crippen LogP contribution in [0.25, 0.3) is 0 Å². The van der Waals surface area contributed by atoms with Gasteiger partial charge in [0.1, 0.15) is 11.4 Å². The first-order valence-corrected chi connectivity index (χ1v) is 10.7. The molecule has 6 heteroatoms. The Morgan fingerprint density at radius 2 is 2.14 bits per heavy atom. The molecule has 0 bridgehead atoms. The number of hydrogen-bond donors (Lipinski definition) is 1. The molecule has 2 aromatic carbocycles. The number of ether oxygens (including phenoxy) is 3. The molecule has 0 fully saturated rings. The third-order valence-electron chi connectivity index (χ3n) is 5.35. The van der Waals surface area contributed by atoms with Gasteiger partial charge in [0.25, 0.3) is 0 Å². The van der Waals surface area contributed by atoms with Gasteiger partial charge in [-0.1, -0.05) is 11.8 Å². The smallest absolute Gasteiger partial charge is 0.303 e. The van der Waals surface area contributed by atoms with E-state index in [0.717, 1.165) is 41.4 Å². The molecule has 1 unspecified atom stereocenters. The number of hydrogen-bond acceptors (Lipinski definition) is 5. The first-order valence-electron chi connectivity index (χ1n) is 9.93. The van der Waals surface area contributed by atoms with Crippen molar-refractivity contribution in [2.75, 3.05) is 7.11 Å². The van der Waals surface area contributed by atoms with Crippen molar-refractivity contribution in [1.82, 2.24) is 0 Å². The van der Waals surface area contributed by atoms with Crippen LogP contribution in [0, 0.1) is 0 Å². The quantitative estimate of drug-likeness (QED) is 0.708. The number of aliphatic carboxylic acids is 1. The molecule has 0 aromatic heterocycles. The van der Waals surface area contributed by atoms with E-state index in [2.05, 4.69) is 32.0 Å². The molecule has 5 nitrogen and oxygen atoms in total. The second-order valence-corrected chi connectivity index (χ2v) is 9.31. The number of fused-ring (bicyclic) bond motifs is 2. The summed E-state index contributed by atoms with van der Waals surface area (Å²) in [4.78, 5) is 13.1. The molecule has 2 aliphatic rings. The first kappa shape index (κ1) is 20.0. The van der Waals surface area contributed by atoms with E-state index in [9.17, 15) is 4.79 Å². The van der Waals surface area contributed by atoms with Gasteiger partial charge in [-0.15, -0.1) is 0 Å². The second kappa shape index (κ2) is 7.82. The number of rotatable bonds is 6. The normalized spacial score (nSPS) is 18.9. The largest absolute Gasteiger partial charge is 0.493 e. The number of benzene rings is 2. The van der Waals surface area contributed by atoms with E-state index in [-0.39, 0.29) is 18.1 Å². The van der Waals surface area contributed by atoms with Crippen molar-refractivity contribution in [3.8, 4) is 17.2 Å². The minimum atomic E-state index is -0.773. The molecule has 0 amide bonds. The molecule has 29 heavy (non-hydrogen) atoms. The van der Waals surface area contributed by atoms with Crippen molar-refractivity contribution in [2.24, 2.45) is 0 Å². The van der Waals surface area contributed by atoms with Crippen molar-refractivity contribution >= 4 is 17.7 Å². The molecule has 2 aromatic rings. The summed E-state index contributed by atoms with van der Waals surface area (Å²) in [5.74, 6) is 1.73. The van der Waals surface area contributed by atoms with Crippen LogP contribution < -0.4 is 14.2 Å². The fourth-order valence-corrected chi connectivity index (χ4v) is 4.98. The molecule has 154 valence electrons. The van der Waals surface area contributed by atoms with E-state index in [0.29, 0.717) is 6.42 Å². The van der Waals surface area contributed by atoms with Crippen LogP contribution in [0.3, 0.4) is 0 Å². The molecule has 1 N–H and O–H groups in total. The molecule has 0 spiro atoms. The number of carboxylic acid groups (broad SMARTS) is 1. The standard InChI is InChI=1S/C23H26O5S/c1-23(2)13-17-20(10-9-19(26-3)22(17)28-23)29-16-7-8-18-14(12-16)4-5-15(27-18)6-11-21(24)25/h7-10,12,15H,4-6,11,13H2,1-3H3,(H,24,25). The maximum atomic E-state index is 10.8. The lowest BCUT2D eigenvalue weighted by atomic mass is 9.99. The van der Waals surface area contributed by atoms with Gasteiger partial charge in [0.05, 0.1) is 13.2 Å². The molecule has 2 heterocycles. The van der Waals surface area contributed by atoms with Crippen LogP contribution in [0.5, 0.6) is 17.2 Å². The van der Waals surface area contributed by atoms with Gasteiger partial charge in [0.2, 0.25) is 0 Å². The molecule has 1 atom stereocenters. The number of methoxy groups -OCH3 is 1. The average Bonchev–Trinajstić information content (AvgIpc) is 3.02. The van der Waals surface area contributed by atoms with Gasteiger partial charge < -0.3 is 19.3 Å². The average molecular weight is 415 g/mol. The summed E-state index contributed by atoms with van der Waals surface area (Å²) in [6.45, 7) is 4.19. The van der Waals surface area contributed by atoms with Gasteiger partial charge in [-0.25, -0.2) is 0 Å². The summed E-state index contributed by atoms with van der Waals surface area (Å²) in [6.07, 6.45) is 3.30. The number of carbonyl (C=O) groups is 1. The van der Waals surface area contributed by atoms with E-state index >= 15 is 0 Å². The molecule has 4 rings (SSSR count). The van der Waals surface area contributed by atoms with Crippen LogP contribution in [0.1, 0.15) is 44.2 Å². The van der Waals surface area contributed by atoms with E-state index in [1.807, 2.05) is 12.1 Å². The van der Waals surface area contributed by atoms with E-state index in [1.54, 1.807) is 18.9 Å². The lowest BCUT2D eigenvalue weighted by Crippen LogP contribution is -2.24. The topological polar surface area (TPSA) is 65.0 Å². The van der Waals surface area contributed by atoms with Crippen LogP contribution in [-0.2, 0) is 17.6 Å². The highest BCUT2D eigenvalue weighted by Gasteiger charge is 2.34. The highest BCUT2D eigenvalue weighted by atomic mass is 32.2. The lowest BCUT2D eigenvalue weighted by molar-refractivity contribution is -0.137. The fourth-order valence-electron chi connectivity index (χ4n) is 3.96.